The van der Waals surface area contributed by atoms with Crippen LogP contribution in [0, 0.1) is 5.82 Å². The molecule has 0 bridgehead atoms. The van der Waals surface area contributed by atoms with Gasteiger partial charge in [-0.05, 0) is 31.2 Å². The van der Waals surface area contributed by atoms with Gasteiger partial charge in [0.2, 0.25) is 0 Å². The highest BCUT2D eigenvalue weighted by Crippen LogP contribution is 2.20. The lowest BCUT2D eigenvalue weighted by atomic mass is 10.1. The van der Waals surface area contributed by atoms with Crippen LogP contribution in [0.5, 0.6) is 0 Å². The molecule has 0 fully saturated rings. The molecule has 0 atom stereocenters. The molecular weight excluding hydrogens is 237 g/mol. The molecule has 1 aromatic carbocycles. The summed E-state index contributed by atoms with van der Waals surface area (Å²) in [7, 11) is 0. The summed E-state index contributed by atoms with van der Waals surface area (Å²) in [5, 5.41) is 22.0. The minimum atomic E-state index is -0.760. The average molecular weight is 253 g/mol. The van der Waals surface area contributed by atoms with Crippen molar-refractivity contribution < 1.29 is 19.0 Å². The number of nitrogens with one attached hydrogen (secondary N) is 1. The van der Waals surface area contributed by atoms with Gasteiger partial charge in [-0.1, -0.05) is 0 Å². The predicted octanol–water partition coefficient (Wildman–Crippen LogP) is 1.40. The molecule has 1 aromatic heterocycles. The van der Waals surface area contributed by atoms with Crippen molar-refractivity contribution in [1.29, 1.82) is 0 Å². The number of halogens is 1. The van der Waals surface area contributed by atoms with Crippen LogP contribution in [0.4, 0.5) is 4.39 Å². The second kappa shape index (κ2) is 5.06. The van der Waals surface area contributed by atoms with E-state index in [4.69, 9.17) is 14.6 Å². The Labute approximate surface area is 104 Å². The third kappa shape index (κ3) is 2.69. The molecule has 0 saturated heterocycles. The van der Waals surface area contributed by atoms with Crippen LogP contribution in [0.25, 0.3) is 11.0 Å². The number of furan rings is 1. The molecular formula is C13H16FNO3. The molecule has 1 heterocycles. The second-order valence-electron chi connectivity index (χ2n) is 4.63. The van der Waals surface area contributed by atoms with Crippen LogP contribution in [0.1, 0.15) is 12.7 Å². The van der Waals surface area contributed by atoms with E-state index >= 15 is 0 Å². The largest absolute Gasteiger partial charge is 0.460 e. The third-order valence-corrected chi connectivity index (χ3v) is 2.92. The van der Waals surface area contributed by atoms with E-state index in [9.17, 15) is 4.39 Å². The zero-order valence-electron chi connectivity index (χ0n) is 10.1. The molecule has 3 N–H and O–H groups in total. The third-order valence-electron chi connectivity index (χ3n) is 2.92. The van der Waals surface area contributed by atoms with Gasteiger partial charge in [0.15, 0.2) is 0 Å². The van der Waals surface area contributed by atoms with E-state index in [-0.39, 0.29) is 19.0 Å². The van der Waals surface area contributed by atoms with Crippen LogP contribution >= 0.6 is 0 Å². The Morgan fingerprint density at radius 1 is 1.28 bits per heavy atom. The lowest BCUT2D eigenvalue weighted by molar-refractivity contribution is 0.101. The van der Waals surface area contributed by atoms with Crippen molar-refractivity contribution in [3.8, 4) is 0 Å². The molecule has 0 amide bonds. The monoisotopic (exact) mass is 253 g/mol. The number of hydrogen-bond acceptors (Lipinski definition) is 4. The first-order valence-corrected chi connectivity index (χ1v) is 5.71. The molecule has 18 heavy (non-hydrogen) atoms. The quantitative estimate of drug-likeness (QED) is 0.753. The zero-order valence-corrected chi connectivity index (χ0v) is 10.1. The Bertz CT molecular complexity index is 534. The highest BCUT2D eigenvalue weighted by molar-refractivity contribution is 5.77. The molecule has 0 aliphatic heterocycles. The van der Waals surface area contributed by atoms with E-state index in [2.05, 4.69) is 5.32 Å². The summed E-state index contributed by atoms with van der Waals surface area (Å²) in [6.45, 7) is 1.69. The zero-order chi connectivity index (χ0) is 13.2. The maximum Gasteiger partial charge on any atom is 0.134 e. The molecule has 0 radical (unpaired) electrons. The number of rotatable bonds is 5. The van der Waals surface area contributed by atoms with Crippen LogP contribution in [0.3, 0.4) is 0 Å². The summed E-state index contributed by atoms with van der Waals surface area (Å²) in [6, 6.07) is 6.06. The molecule has 4 nitrogen and oxygen atoms in total. The van der Waals surface area contributed by atoms with E-state index < -0.39 is 5.54 Å². The first kappa shape index (κ1) is 13.0. The Morgan fingerprint density at radius 2 is 2.00 bits per heavy atom. The summed E-state index contributed by atoms with van der Waals surface area (Å²) >= 11 is 0. The van der Waals surface area contributed by atoms with Crippen LogP contribution in [0.15, 0.2) is 28.7 Å². The molecule has 0 saturated carbocycles. The second-order valence-corrected chi connectivity index (χ2v) is 4.63. The van der Waals surface area contributed by atoms with Crippen LogP contribution < -0.4 is 5.32 Å². The average Bonchev–Trinajstić information content (AvgIpc) is 2.78. The number of hydrogen-bond donors (Lipinski definition) is 3. The highest BCUT2D eigenvalue weighted by atomic mass is 19.1. The normalized spacial score (nSPS) is 12.2. The summed E-state index contributed by atoms with van der Waals surface area (Å²) in [4.78, 5) is 0. The number of aliphatic hydroxyl groups excluding tert-OH is 2. The van der Waals surface area contributed by atoms with Gasteiger partial charge in [0.25, 0.3) is 0 Å². The summed E-state index contributed by atoms with van der Waals surface area (Å²) in [6.07, 6.45) is 0. The van der Waals surface area contributed by atoms with E-state index in [1.165, 1.54) is 12.1 Å². The Balaban J connectivity index is 2.13. The number of fused-ring (bicyclic) bond motifs is 1. The number of aliphatic hydroxyl groups is 2. The Morgan fingerprint density at radius 3 is 2.67 bits per heavy atom. The van der Waals surface area contributed by atoms with E-state index in [0.717, 1.165) is 0 Å². The smallest absolute Gasteiger partial charge is 0.134 e. The molecule has 2 aromatic rings. The fourth-order valence-electron chi connectivity index (χ4n) is 1.62. The Kier molecular flexibility index (Phi) is 3.65. The van der Waals surface area contributed by atoms with Gasteiger partial charge < -0.3 is 19.9 Å². The van der Waals surface area contributed by atoms with Crippen molar-refractivity contribution in [2.45, 2.75) is 19.0 Å². The van der Waals surface area contributed by atoms with Crippen LogP contribution in [0.2, 0.25) is 0 Å². The van der Waals surface area contributed by atoms with Gasteiger partial charge in [0, 0.05) is 5.39 Å². The van der Waals surface area contributed by atoms with Crippen LogP contribution in [-0.4, -0.2) is 29.0 Å². The molecule has 0 aliphatic rings. The van der Waals surface area contributed by atoms with Crippen molar-refractivity contribution in [3.63, 3.8) is 0 Å². The number of benzene rings is 1. The lowest BCUT2D eigenvalue weighted by Gasteiger charge is -2.25. The first-order chi connectivity index (χ1) is 8.56. The van der Waals surface area contributed by atoms with Crippen molar-refractivity contribution in [3.05, 3.63) is 35.8 Å². The van der Waals surface area contributed by atoms with E-state index in [1.54, 1.807) is 19.1 Å². The Hall–Kier alpha value is -1.43. The van der Waals surface area contributed by atoms with Crippen LogP contribution in [-0.2, 0) is 6.54 Å². The molecule has 0 spiro atoms. The fraction of sp³-hybridized carbons (Fsp3) is 0.385. The van der Waals surface area contributed by atoms with Gasteiger partial charge in [-0.15, -0.1) is 0 Å². The van der Waals surface area contributed by atoms with E-state index in [1.807, 2.05) is 0 Å². The van der Waals surface area contributed by atoms with Crippen molar-refractivity contribution in [2.75, 3.05) is 13.2 Å². The van der Waals surface area contributed by atoms with Gasteiger partial charge in [-0.2, -0.15) is 0 Å². The molecule has 2 rings (SSSR count). The fourth-order valence-corrected chi connectivity index (χ4v) is 1.62. The summed E-state index contributed by atoms with van der Waals surface area (Å²) < 4.78 is 18.5. The van der Waals surface area contributed by atoms with Crippen molar-refractivity contribution >= 4 is 11.0 Å². The van der Waals surface area contributed by atoms with Gasteiger partial charge in [-0.3, -0.25) is 0 Å². The van der Waals surface area contributed by atoms with Gasteiger partial charge in [0.05, 0.1) is 25.3 Å². The summed E-state index contributed by atoms with van der Waals surface area (Å²) in [5.41, 5.74) is -0.146. The molecule has 0 unspecified atom stereocenters. The maximum absolute atomic E-state index is 13.0. The molecule has 0 aliphatic carbocycles. The SMILES string of the molecule is CC(CO)(CO)NCc1cc2cc(F)ccc2o1. The van der Waals surface area contributed by atoms with E-state index in [0.29, 0.717) is 23.3 Å². The summed E-state index contributed by atoms with van der Waals surface area (Å²) in [5.74, 6) is 0.321. The predicted molar refractivity (Wildman–Crippen MR) is 65.6 cm³/mol. The van der Waals surface area contributed by atoms with Crippen molar-refractivity contribution in [1.82, 2.24) is 5.32 Å². The van der Waals surface area contributed by atoms with Gasteiger partial charge in [-0.25, -0.2) is 4.39 Å². The van der Waals surface area contributed by atoms with Gasteiger partial charge in [0.1, 0.15) is 17.2 Å². The first-order valence-electron chi connectivity index (χ1n) is 5.71. The minimum absolute atomic E-state index is 0.182. The standard InChI is InChI=1S/C13H16FNO3/c1-13(7-16,8-17)15-6-11-5-9-4-10(14)2-3-12(9)18-11/h2-5,15-17H,6-8H2,1H3. The topological polar surface area (TPSA) is 65.6 Å². The molecule has 98 valence electrons. The maximum atomic E-state index is 13.0. The molecule has 5 heteroatoms. The minimum Gasteiger partial charge on any atom is -0.460 e. The van der Waals surface area contributed by atoms with Crippen molar-refractivity contribution in [2.24, 2.45) is 0 Å². The highest BCUT2D eigenvalue weighted by Gasteiger charge is 2.21. The lowest BCUT2D eigenvalue weighted by Crippen LogP contribution is -2.48. The van der Waals surface area contributed by atoms with Gasteiger partial charge >= 0.3 is 0 Å².